The molecule has 1 atom stereocenters. The Bertz CT molecular complexity index is 1460. The number of carbonyl (C=O) groups is 1. The summed E-state index contributed by atoms with van der Waals surface area (Å²) >= 11 is 3.44. The van der Waals surface area contributed by atoms with Gasteiger partial charge in [0.15, 0.2) is 5.43 Å². The maximum Gasteiger partial charge on any atom is 0.291 e. The van der Waals surface area contributed by atoms with Gasteiger partial charge in [-0.3, -0.25) is 9.59 Å². The van der Waals surface area contributed by atoms with E-state index in [2.05, 4.69) is 22.9 Å². The van der Waals surface area contributed by atoms with Crippen LogP contribution in [-0.4, -0.2) is 24.5 Å². The van der Waals surface area contributed by atoms with Gasteiger partial charge in [0.2, 0.25) is 5.76 Å². The molecular formula is C29H26BrNO5. The number of nitrogens with zero attached hydrogens (tertiary/aromatic N) is 1. The van der Waals surface area contributed by atoms with E-state index in [0.29, 0.717) is 29.7 Å². The zero-order valence-electron chi connectivity index (χ0n) is 20.1. The summed E-state index contributed by atoms with van der Waals surface area (Å²) in [4.78, 5) is 29.1. The molecule has 0 radical (unpaired) electrons. The molecule has 2 heterocycles. The van der Waals surface area contributed by atoms with Crippen LogP contribution >= 0.6 is 15.9 Å². The number of hydrogen-bond acceptors (Lipinski definition) is 5. The van der Waals surface area contributed by atoms with E-state index in [1.54, 1.807) is 30.2 Å². The number of amides is 1. The lowest BCUT2D eigenvalue weighted by Crippen LogP contribution is -2.29. The van der Waals surface area contributed by atoms with Crippen LogP contribution in [0.25, 0.3) is 11.0 Å². The summed E-state index contributed by atoms with van der Waals surface area (Å²) in [5.41, 5.74) is 2.28. The first-order valence-corrected chi connectivity index (χ1v) is 12.7. The molecule has 0 saturated heterocycles. The first-order chi connectivity index (χ1) is 17.5. The SMILES string of the molecule is CCCCOc1ccc(C2c3c(oc4ccc(Br)cc4c3=O)C(=O)N2Cc2ccc(OC)cc2)cc1. The van der Waals surface area contributed by atoms with Gasteiger partial charge in [0, 0.05) is 11.0 Å². The minimum absolute atomic E-state index is 0.0941. The summed E-state index contributed by atoms with van der Waals surface area (Å²) in [7, 11) is 1.61. The van der Waals surface area contributed by atoms with Crippen LogP contribution in [0.15, 0.2) is 80.4 Å². The van der Waals surface area contributed by atoms with E-state index in [0.717, 1.165) is 39.9 Å². The van der Waals surface area contributed by atoms with Gasteiger partial charge in [0.1, 0.15) is 17.1 Å². The van der Waals surface area contributed by atoms with Crippen molar-refractivity contribution in [3.05, 3.63) is 104 Å². The number of methoxy groups -OCH3 is 1. The Balaban J connectivity index is 1.59. The minimum atomic E-state index is -0.584. The van der Waals surface area contributed by atoms with E-state index in [-0.39, 0.29) is 17.1 Å². The summed E-state index contributed by atoms with van der Waals surface area (Å²) < 4.78 is 17.9. The van der Waals surface area contributed by atoms with Crippen LogP contribution in [0.5, 0.6) is 11.5 Å². The Labute approximate surface area is 217 Å². The molecule has 4 aromatic rings. The Hall–Kier alpha value is -3.58. The highest BCUT2D eigenvalue weighted by molar-refractivity contribution is 9.10. The van der Waals surface area contributed by atoms with Gasteiger partial charge in [0.05, 0.1) is 30.7 Å². The fourth-order valence-corrected chi connectivity index (χ4v) is 4.87. The van der Waals surface area contributed by atoms with Crippen LogP contribution in [0.1, 0.15) is 53.1 Å². The third-order valence-corrected chi connectivity index (χ3v) is 6.90. The lowest BCUT2D eigenvalue weighted by atomic mass is 9.98. The Morgan fingerprint density at radius 3 is 2.39 bits per heavy atom. The van der Waals surface area contributed by atoms with Crippen molar-refractivity contribution >= 4 is 32.8 Å². The van der Waals surface area contributed by atoms with Crippen molar-refractivity contribution in [2.24, 2.45) is 0 Å². The van der Waals surface area contributed by atoms with Gasteiger partial charge in [-0.15, -0.1) is 0 Å². The van der Waals surface area contributed by atoms with E-state index < -0.39 is 6.04 Å². The largest absolute Gasteiger partial charge is 0.497 e. The molecule has 1 unspecified atom stereocenters. The maximum absolute atomic E-state index is 13.7. The summed E-state index contributed by atoms with van der Waals surface area (Å²) in [6.07, 6.45) is 2.03. The Morgan fingerprint density at radius 1 is 0.972 bits per heavy atom. The van der Waals surface area contributed by atoms with Crippen molar-refractivity contribution in [3.63, 3.8) is 0 Å². The molecule has 1 aliphatic rings. The molecule has 5 rings (SSSR count). The molecule has 6 nitrogen and oxygen atoms in total. The average molecular weight is 548 g/mol. The molecule has 1 amide bonds. The van der Waals surface area contributed by atoms with Crippen LogP contribution in [0.2, 0.25) is 0 Å². The third kappa shape index (κ3) is 4.51. The summed E-state index contributed by atoms with van der Waals surface area (Å²) in [6, 6.07) is 19.8. The molecule has 0 spiro atoms. The maximum atomic E-state index is 13.7. The first kappa shape index (κ1) is 24.1. The second-order valence-corrected chi connectivity index (χ2v) is 9.68. The van der Waals surface area contributed by atoms with Gasteiger partial charge in [-0.25, -0.2) is 0 Å². The van der Waals surface area contributed by atoms with E-state index in [9.17, 15) is 9.59 Å². The molecule has 7 heteroatoms. The van der Waals surface area contributed by atoms with Crippen molar-refractivity contribution in [2.45, 2.75) is 32.4 Å². The van der Waals surface area contributed by atoms with Crippen molar-refractivity contribution < 1.29 is 18.7 Å². The predicted octanol–water partition coefficient (Wildman–Crippen LogP) is 6.49. The van der Waals surface area contributed by atoms with Gasteiger partial charge in [-0.1, -0.05) is 53.5 Å². The van der Waals surface area contributed by atoms with Crippen molar-refractivity contribution in [1.82, 2.24) is 4.90 Å². The molecule has 36 heavy (non-hydrogen) atoms. The monoisotopic (exact) mass is 547 g/mol. The highest BCUT2D eigenvalue weighted by Gasteiger charge is 2.42. The smallest absolute Gasteiger partial charge is 0.291 e. The quantitative estimate of drug-likeness (QED) is 0.236. The molecule has 0 fully saturated rings. The molecule has 0 bridgehead atoms. The summed E-state index contributed by atoms with van der Waals surface area (Å²) in [5, 5.41) is 0.437. The van der Waals surface area contributed by atoms with Crippen LogP contribution in [0.4, 0.5) is 0 Å². The number of carbonyl (C=O) groups excluding carboxylic acids is 1. The molecule has 0 saturated carbocycles. The predicted molar refractivity (Wildman–Crippen MR) is 142 cm³/mol. The summed E-state index contributed by atoms with van der Waals surface area (Å²) in [5.74, 6) is 1.28. The number of unbranched alkanes of at least 4 members (excludes halogenated alkanes) is 1. The number of rotatable bonds is 8. The molecule has 0 aliphatic carbocycles. The minimum Gasteiger partial charge on any atom is -0.497 e. The lowest BCUT2D eigenvalue weighted by Gasteiger charge is -2.25. The lowest BCUT2D eigenvalue weighted by molar-refractivity contribution is 0.0714. The normalized spacial score (nSPS) is 14.8. The van der Waals surface area contributed by atoms with E-state index >= 15 is 0 Å². The van der Waals surface area contributed by atoms with Crippen molar-refractivity contribution in [2.75, 3.05) is 13.7 Å². The van der Waals surface area contributed by atoms with Gasteiger partial charge in [0.25, 0.3) is 5.91 Å². The molecule has 0 N–H and O–H groups in total. The van der Waals surface area contributed by atoms with Crippen LogP contribution < -0.4 is 14.9 Å². The van der Waals surface area contributed by atoms with E-state index in [4.69, 9.17) is 13.9 Å². The highest BCUT2D eigenvalue weighted by Crippen LogP contribution is 2.40. The van der Waals surface area contributed by atoms with Gasteiger partial charge in [-0.05, 0) is 60.0 Å². The highest BCUT2D eigenvalue weighted by atomic mass is 79.9. The first-order valence-electron chi connectivity index (χ1n) is 11.9. The molecular weight excluding hydrogens is 522 g/mol. The fraction of sp³-hybridized carbons (Fsp3) is 0.241. The molecule has 1 aliphatic heterocycles. The van der Waals surface area contributed by atoms with Crippen LogP contribution in [0.3, 0.4) is 0 Å². The Kier molecular flexibility index (Phi) is 6.83. The molecule has 1 aromatic heterocycles. The van der Waals surface area contributed by atoms with Crippen molar-refractivity contribution in [3.8, 4) is 11.5 Å². The number of benzene rings is 3. The van der Waals surface area contributed by atoms with E-state index in [1.165, 1.54) is 0 Å². The number of halogens is 1. The molecule has 3 aromatic carbocycles. The third-order valence-electron chi connectivity index (χ3n) is 6.40. The summed E-state index contributed by atoms with van der Waals surface area (Å²) in [6.45, 7) is 3.08. The number of hydrogen-bond donors (Lipinski definition) is 0. The standard InChI is InChI=1S/C29H26BrNO5/c1-3-4-15-35-22-12-7-19(8-13-22)26-25-27(32)23-16-20(30)9-14-24(23)36-28(25)29(33)31(26)17-18-5-10-21(34-2)11-6-18/h5-14,16,26H,3-4,15,17H2,1-2H3. The van der Waals surface area contributed by atoms with Gasteiger partial charge >= 0.3 is 0 Å². The fourth-order valence-electron chi connectivity index (χ4n) is 4.51. The van der Waals surface area contributed by atoms with Gasteiger partial charge in [-0.2, -0.15) is 0 Å². The molecule has 184 valence electrons. The number of fused-ring (bicyclic) bond motifs is 2. The zero-order valence-corrected chi connectivity index (χ0v) is 21.7. The van der Waals surface area contributed by atoms with Crippen LogP contribution in [-0.2, 0) is 6.54 Å². The second-order valence-electron chi connectivity index (χ2n) is 8.77. The van der Waals surface area contributed by atoms with Crippen molar-refractivity contribution in [1.29, 1.82) is 0 Å². The Morgan fingerprint density at radius 2 is 1.69 bits per heavy atom. The van der Waals surface area contributed by atoms with E-state index in [1.807, 2.05) is 48.5 Å². The second kappa shape index (κ2) is 10.2. The van der Waals surface area contributed by atoms with Gasteiger partial charge < -0.3 is 18.8 Å². The average Bonchev–Trinajstić information content (AvgIpc) is 3.17. The van der Waals surface area contributed by atoms with Crippen LogP contribution in [0, 0.1) is 0 Å². The topological polar surface area (TPSA) is 69.0 Å². The zero-order chi connectivity index (χ0) is 25.2. The number of ether oxygens (including phenoxy) is 2.